The molecule has 0 fully saturated rings. The molecule has 11 nitrogen and oxygen atoms in total. The number of benzene rings is 1. The van der Waals surface area contributed by atoms with E-state index in [1.165, 1.54) is 30.5 Å². The molecule has 0 aliphatic carbocycles. The molecule has 0 aliphatic heterocycles. The van der Waals surface area contributed by atoms with Crippen molar-refractivity contribution in [2.45, 2.75) is 0 Å². The topological polar surface area (TPSA) is 153 Å². The van der Waals surface area contributed by atoms with Crippen molar-refractivity contribution in [1.82, 2.24) is 20.8 Å². The lowest BCUT2D eigenvalue weighted by Gasteiger charge is -2.03. The number of nitro groups is 1. The Labute approximate surface area is 151 Å². The van der Waals surface area contributed by atoms with Crippen LogP contribution in [0.5, 0.6) is 0 Å². The lowest BCUT2D eigenvalue weighted by Crippen LogP contribution is -2.34. The van der Waals surface area contributed by atoms with Crippen LogP contribution < -0.4 is 10.6 Å². The molecule has 0 aliphatic rings. The van der Waals surface area contributed by atoms with Gasteiger partial charge in [0, 0.05) is 30.8 Å². The molecule has 3 rings (SSSR count). The number of furan rings is 1. The van der Waals surface area contributed by atoms with Crippen LogP contribution in [0.3, 0.4) is 0 Å². The van der Waals surface area contributed by atoms with Crippen LogP contribution in [0.15, 0.2) is 51.6 Å². The number of hydrogen-bond acceptors (Lipinski definition) is 8. The molecule has 138 valence electrons. The summed E-state index contributed by atoms with van der Waals surface area (Å²) in [5.74, 6) is -1.12. The first-order chi connectivity index (χ1) is 13.0. The van der Waals surface area contributed by atoms with Gasteiger partial charge in [0.15, 0.2) is 5.76 Å². The van der Waals surface area contributed by atoms with Crippen LogP contribution in [0.4, 0.5) is 5.69 Å². The summed E-state index contributed by atoms with van der Waals surface area (Å²) in [6.45, 7) is 0.289. The first-order valence-electron chi connectivity index (χ1n) is 7.73. The minimum absolute atomic E-state index is 0.0509. The van der Waals surface area contributed by atoms with E-state index in [9.17, 15) is 19.7 Å². The number of carbonyl (C=O) groups excluding carboxylic acids is 2. The Morgan fingerprint density at radius 2 is 1.89 bits per heavy atom. The van der Waals surface area contributed by atoms with Crippen molar-refractivity contribution in [3.05, 3.63) is 64.4 Å². The number of nitro benzene ring substituents is 1. The van der Waals surface area contributed by atoms with Gasteiger partial charge in [0.1, 0.15) is 0 Å². The van der Waals surface area contributed by atoms with Gasteiger partial charge in [-0.3, -0.25) is 19.7 Å². The summed E-state index contributed by atoms with van der Waals surface area (Å²) in [6.07, 6.45) is 1.38. The molecule has 2 amide bonds. The molecule has 27 heavy (non-hydrogen) atoms. The molecule has 3 aromatic rings. The molecule has 2 aromatic heterocycles. The number of nitrogens with zero attached hydrogens (tertiary/aromatic N) is 3. The Hall–Kier alpha value is -4.02. The van der Waals surface area contributed by atoms with Gasteiger partial charge < -0.3 is 19.6 Å². The van der Waals surface area contributed by atoms with Gasteiger partial charge in [-0.2, -0.15) is 4.98 Å². The quantitative estimate of drug-likeness (QED) is 0.359. The Balaban J connectivity index is 1.53. The predicted molar refractivity (Wildman–Crippen MR) is 89.8 cm³/mol. The van der Waals surface area contributed by atoms with Crippen molar-refractivity contribution >= 4 is 17.5 Å². The molecular weight excluding hydrogens is 358 g/mol. The normalized spacial score (nSPS) is 10.4. The third-order valence-corrected chi connectivity index (χ3v) is 3.38. The molecule has 0 spiro atoms. The predicted octanol–water partition coefficient (Wildman–Crippen LogP) is 1.40. The van der Waals surface area contributed by atoms with Crippen LogP contribution in [0.25, 0.3) is 11.4 Å². The summed E-state index contributed by atoms with van der Waals surface area (Å²) in [7, 11) is 0. The van der Waals surface area contributed by atoms with Gasteiger partial charge >= 0.3 is 11.8 Å². The van der Waals surface area contributed by atoms with Gasteiger partial charge in [0.05, 0.1) is 11.2 Å². The Morgan fingerprint density at radius 1 is 1.11 bits per heavy atom. The second-order valence-electron chi connectivity index (χ2n) is 5.22. The van der Waals surface area contributed by atoms with E-state index in [-0.39, 0.29) is 36.3 Å². The molecule has 0 radical (unpaired) electrons. The Kier molecular flexibility index (Phi) is 5.21. The summed E-state index contributed by atoms with van der Waals surface area (Å²) < 4.78 is 9.81. The Morgan fingerprint density at radius 3 is 2.59 bits per heavy atom. The summed E-state index contributed by atoms with van der Waals surface area (Å²) in [5.41, 5.74) is 0.216. The van der Waals surface area contributed by atoms with Crippen LogP contribution in [0, 0.1) is 10.1 Å². The van der Waals surface area contributed by atoms with E-state index in [0.717, 1.165) is 0 Å². The molecule has 2 heterocycles. The van der Waals surface area contributed by atoms with E-state index in [1.807, 2.05) is 0 Å². The number of hydrogen-bond donors (Lipinski definition) is 2. The zero-order valence-corrected chi connectivity index (χ0v) is 13.7. The van der Waals surface area contributed by atoms with E-state index < -0.39 is 16.7 Å². The third-order valence-electron chi connectivity index (χ3n) is 3.38. The minimum atomic E-state index is -0.633. The average molecular weight is 371 g/mol. The maximum atomic E-state index is 12.0. The van der Waals surface area contributed by atoms with Crippen LogP contribution in [0.2, 0.25) is 0 Å². The molecule has 0 saturated heterocycles. The number of carbonyl (C=O) groups is 2. The second-order valence-corrected chi connectivity index (χ2v) is 5.22. The summed E-state index contributed by atoms with van der Waals surface area (Å²) in [6, 6.07) is 8.74. The SMILES string of the molecule is O=C(NCCNC(=O)c1nc(-c2cccc([N+](=O)[O-])c2)no1)c1ccco1. The maximum Gasteiger partial charge on any atom is 0.316 e. The summed E-state index contributed by atoms with van der Waals surface area (Å²) in [4.78, 5) is 37.8. The maximum absolute atomic E-state index is 12.0. The fourth-order valence-electron chi connectivity index (χ4n) is 2.11. The number of rotatable bonds is 7. The summed E-state index contributed by atoms with van der Waals surface area (Å²) >= 11 is 0. The first kappa shape index (κ1) is 17.8. The standard InChI is InChI=1S/C16H13N5O6/c22-14(12-5-2-8-26-12)17-6-7-18-15(23)16-19-13(20-27-16)10-3-1-4-11(9-10)21(24)25/h1-5,8-9H,6-7H2,(H,17,22)(H,18,23). The monoisotopic (exact) mass is 371 g/mol. The second kappa shape index (κ2) is 7.91. The average Bonchev–Trinajstić information content (AvgIpc) is 3.37. The van der Waals surface area contributed by atoms with Crippen molar-refractivity contribution in [2.75, 3.05) is 13.1 Å². The molecular formula is C16H13N5O6. The molecule has 0 atom stereocenters. The Bertz CT molecular complexity index is 965. The highest BCUT2D eigenvalue weighted by Gasteiger charge is 2.17. The highest BCUT2D eigenvalue weighted by molar-refractivity contribution is 5.91. The van der Waals surface area contributed by atoms with Gasteiger partial charge in [0.2, 0.25) is 5.82 Å². The number of non-ortho nitro benzene ring substituents is 1. The van der Waals surface area contributed by atoms with Crippen LogP contribution >= 0.6 is 0 Å². The van der Waals surface area contributed by atoms with Crippen molar-refractivity contribution in [1.29, 1.82) is 0 Å². The van der Waals surface area contributed by atoms with Crippen molar-refractivity contribution in [2.24, 2.45) is 0 Å². The highest BCUT2D eigenvalue weighted by Crippen LogP contribution is 2.21. The molecule has 11 heteroatoms. The van der Waals surface area contributed by atoms with E-state index >= 15 is 0 Å². The van der Waals surface area contributed by atoms with Gasteiger partial charge in [-0.15, -0.1) is 0 Å². The van der Waals surface area contributed by atoms with Gasteiger partial charge in [0.25, 0.3) is 11.6 Å². The van der Waals surface area contributed by atoms with Crippen LogP contribution in [0.1, 0.15) is 21.2 Å². The third kappa shape index (κ3) is 4.34. The number of aromatic nitrogens is 2. The molecule has 1 aromatic carbocycles. The molecule has 0 saturated carbocycles. The number of amides is 2. The lowest BCUT2D eigenvalue weighted by atomic mass is 10.2. The lowest BCUT2D eigenvalue weighted by molar-refractivity contribution is -0.384. The van der Waals surface area contributed by atoms with Crippen molar-refractivity contribution in [3.8, 4) is 11.4 Å². The fraction of sp³-hybridized carbons (Fsp3) is 0.125. The van der Waals surface area contributed by atoms with Crippen LogP contribution in [-0.4, -0.2) is 40.0 Å². The van der Waals surface area contributed by atoms with Gasteiger partial charge in [-0.1, -0.05) is 17.3 Å². The molecule has 0 bridgehead atoms. The van der Waals surface area contributed by atoms with E-state index in [4.69, 9.17) is 8.94 Å². The largest absolute Gasteiger partial charge is 0.459 e. The fourth-order valence-corrected chi connectivity index (χ4v) is 2.11. The zero-order valence-electron chi connectivity index (χ0n) is 13.7. The van der Waals surface area contributed by atoms with Crippen molar-refractivity contribution < 1.29 is 23.5 Å². The smallest absolute Gasteiger partial charge is 0.316 e. The minimum Gasteiger partial charge on any atom is -0.459 e. The molecule has 0 unspecified atom stereocenters. The highest BCUT2D eigenvalue weighted by atomic mass is 16.6. The van der Waals surface area contributed by atoms with Gasteiger partial charge in [-0.25, -0.2) is 0 Å². The van der Waals surface area contributed by atoms with E-state index in [0.29, 0.717) is 5.56 Å². The number of nitrogens with one attached hydrogen (secondary N) is 2. The van der Waals surface area contributed by atoms with Crippen LogP contribution in [-0.2, 0) is 0 Å². The van der Waals surface area contributed by atoms with Gasteiger partial charge in [-0.05, 0) is 12.1 Å². The van der Waals surface area contributed by atoms with E-state index in [2.05, 4.69) is 20.8 Å². The summed E-state index contributed by atoms with van der Waals surface area (Å²) in [5, 5.41) is 19.5. The molecule has 2 N–H and O–H groups in total. The zero-order chi connectivity index (χ0) is 19.2. The van der Waals surface area contributed by atoms with Crippen molar-refractivity contribution in [3.63, 3.8) is 0 Å². The van der Waals surface area contributed by atoms with E-state index in [1.54, 1.807) is 12.1 Å². The first-order valence-corrected chi connectivity index (χ1v) is 7.73.